The first-order valence-corrected chi connectivity index (χ1v) is 6.22. The minimum atomic E-state index is 0.130. The van der Waals surface area contributed by atoms with E-state index in [-0.39, 0.29) is 4.75 Å². The van der Waals surface area contributed by atoms with Gasteiger partial charge in [0.25, 0.3) is 0 Å². The summed E-state index contributed by atoms with van der Waals surface area (Å²) in [6.07, 6.45) is 2.54. The van der Waals surface area contributed by atoms with Crippen molar-refractivity contribution in [2.75, 3.05) is 6.26 Å². The molecule has 4 heteroatoms. The van der Waals surface area contributed by atoms with Gasteiger partial charge in [-0.2, -0.15) is 0 Å². The molecule has 0 aromatic heterocycles. The third kappa shape index (κ3) is 4.72. The van der Waals surface area contributed by atoms with Crippen molar-refractivity contribution in [1.29, 1.82) is 0 Å². The molecule has 76 valence electrons. The molecule has 0 N–H and O–H groups in total. The van der Waals surface area contributed by atoms with Gasteiger partial charge in [0.1, 0.15) is 4.38 Å². The van der Waals surface area contributed by atoms with Gasteiger partial charge in [-0.3, -0.25) is 4.79 Å². The SMILES string of the molecule is CSC(=NC=O)SC(C)(C)C(C)C. The molecule has 0 aliphatic rings. The van der Waals surface area contributed by atoms with Crippen molar-refractivity contribution in [3.8, 4) is 0 Å². The van der Waals surface area contributed by atoms with E-state index in [9.17, 15) is 4.79 Å². The highest BCUT2D eigenvalue weighted by molar-refractivity contribution is 8.39. The molecule has 0 aromatic carbocycles. The Balaban J connectivity index is 4.39. The van der Waals surface area contributed by atoms with E-state index in [1.54, 1.807) is 11.8 Å². The lowest BCUT2D eigenvalue weighted by Crippen LogP contribution is -2.24. The number of carbonyl (C=O) groups excluding carboxylic acids is 1. The molecule has 1 amide bonds. The van der Waals surface area contributed by atoms with Gasteiger partial charge in [0, 0.05) is 4.75 Å². The van der Waals surface area contributed by atoms with E-state index in [4.69, 9.17) is 0 Å². The summed E-state index contributed by atoms with van der Waals surface area (Å²) in [5, 5.41) is 0. The van der Waals surface area contributed by atoms with E-state index < -0.39 is 0 Å². The lowest BCUT2D eigenvalue weighted by atomic mass is 10.00. The lowest BCUT2D eigenvalue weighted by molar-refractivity contribution is -0.106. The standard InChI is InChI=1S/C9H17NOS2/c1-7(2)9(3,4)13-8(12-5)10-6-11/h6-7H,1-5H3. The molecule has 0 saturated carbocycles. The number of amides is 1. The third-order valence-electron chi connectivity index (χ3n) is 2.07. The molecule has 0 aliphatic heterocycles. The number of thioether (sulfide) groups is 2. The second-order valence-electron chi connectivity index (χ2n) is 3.56. The summed E-state index contributed by atoms with van der Waals surface area (Å²) in [5.41, 5.74) is 0. The normalized spacial score (nSPS) is 13.5. The zero-order chi connectivity index (χ0) is 10.5. The van der Waals surface area contributed by atoms with Crippen LogP contribution in [0.25, 0.3) is 0 Å². The van der Waals surface area contributed by atoms with E-state index >= 15 is 0 Å². The second-order valence-corrected chi connectivity index (χ2v) is 6.26. The first kappa shape index (κ1) is 13.0. The maximum atomic E-state index is 10.2. The third-order valence-corrected chi connectivity index (χ3v) is 4.56. The first-order chi connectivity index (χ1) is 5.94. The Labute approximate surface area is 89.0 Å². The van der Waals surface area contributed by atoms with E-state index in [2.05, 4.69) is 32.7 Å². The van der Waals surface area contributed by atoms with Crippen LogP contribution >= 0.6 is 23.5 Å². The highest BCUT2D eigenvalue weighted by Crippen LogP contribution is 2.35. The Morgan fingerprint density at radius 3 is 2.31 bits per heavy atom. The number of carbonyl (C=O) groups is 1. The van der Waals surface area contributed by atoms with Gasteiger partial charge in [-0.25, -0.2) is 4.99 Å². The van der Waals surface area contributed by atoms with Crippen LogP contribution < -0.4 is 0 Å². The zero-order valence-electron chi connectivity index (χ0n) is 8.83. The van der Waals surface area contributed by atoms with E-state index in [1.807, 2.05) is 6.26 Å². The average Bonchev–Trinajstić information content (AvgIpc) is 2.03. The largest absolute Gasteiger partial charge is 0.276 e. The summed E-state index contributed by atoms with van der Waals surface area (Å²) in [6.45, 7) is 8.68. The number of rotatable bonds is 3. The topological polar surface area (TPSA) is 29.4 Å². The lowest BCUT2D eigenvalue weighted by Gasteiger charge is -2.28. The van der Waals surface area contributed by atoms with Crippen LogP contribution in [0.3, 0.4) is 0 Å². The molecule has 0 bridgehead atoms. The van der Waals surface area contributed by atoms with Gasteiger partial charge in [0.2, 0.25) is 6.41 Å². The maximum Gasteiger partial charge on any atom is 0.234 e. The smallest absolute Gasteiger partial charge is 0.234 e. The van der Waals surface area contributed by atoms with E-state index in [0.717, 1.165) is 4.38 Å². The molecule has 2 nitrogen and oxygen atoms in total. The monoisotopic (exact) mass is 219 g/mol. The quantitative estimate of drug-likeness (QED) is 0.415. The van der Waals surface area contributed by atoms with Crippen molar-refractivity contribution in [2.45, 2.75) is 32.4 Å². The van der Waals surface area contributed by atoms with Crippen molar-refractivity contribution in [3.05, 3.63) is 0 Å². The minimum absolute atomic E-state index is 0.130. The molecule has 0 saturated heterocycles. The van der Waals surface area contributed by atoms with Crippen molar-refractivity contribution in [2.24, 2.45) is 10.9 Å². The average molecular weight is 219 g/mol. The highest BCUT2D eigenvalue weighted by Gasteiger charge is 2.25. The molecule has 0 rings (SSSR count). The summed E-state index contributed by atoms with van der Waals surface area (Å²) in [7, 11) is 0. The molecule has 0 fully saturated rings. The van der Waals surface area contributed by atoms with Gasteiger partial charge < -0.3 is 0 Å². The number of nitrogens with zero attached hydrogens (tertiary/aromatic N) is 1. The van der Waals surface area contributed by atoms with E-state index in [0.29, 0.717) is 12.3 Å². The summed E-state index contributed by atoms with van der Waals surface area (Å²) in [6, 6.07) is 0. The van der Waals surface area contributed by atoms with E-state index in [1.165, 1.54) is 11.8 Å². The van der Waals surface area contributed by atoms with Crippen molar-refractivity contribution in [3.63, 3.8) is 0 Å². The van der Waals surface area contributed by atoms with Crippen LogP contribution in [0.4, 0.5) is 0 Å². The van der Waals surface area contributed by atoms with Crippen LogP contribution in [-0.2, 0) is 4.79 Å². The van der Waals surface area contributed by atoms with Crippen LogP contribution in [0.5, 0.6) is 0 Å². The van der Waals surface area contributed by atoms with Crippen LogP contribution in [-0.4, -0.2) is 21.8 Å². The van der Waals surface area contributed by atoms with Crippen molar-refractivity contribution >= 4 is 34.3 Å². The molecule has 0 aliphatic carbocycles. The summed E-state index contributed by atoms with van der Waals surface area (Å²) < 4.78 is 0.971. The Kier molecular flexibility index (Phi) is 5.72. The van der Waals surface area contributed by atoms with Crippen LogP contribution in [0.1, 0.15) is 27.7 Å². The second kappa shape index (κ2) is 5.70. The van der Waals surface area contributed by atoms with Gasteiger partial charge in [-0.05, 0) is 12.2 Å². The molecule has 0 radical (unpaired) electrons. The first-order valence-electron chi connectivity index (χ1n) is 4.18. The summed E-state index contributed by atoms with van der Waals surface area (Å²) >= 11 is 3.18. The van der Waals surface area contributed by atoms with Gasteiger partial charge in [0.05, 0.1) is 0 Å². The molecular weight excluding hydrogens is 202 g/mol. The Morgan fingerprint density at radius 2 is 2.00 bits per heavy atom. The fraction of sp³-hybridized carbons (Fsp3) is 0.778. The molecule has 0 heterocycles. The van der Waals surface area contributed by atoms with Crippen molar-refractivity contribution < 1.29 is 4.79 Å². The predicted octanol–water partition coefficient (Wildman–Crippen LogP) is 3.03. The molecule has 0 atom stereocenters. The molecule has 13 heavy (non-hydrogen) atoms. The minimum Gasteiger partial charge on any atom is -0.276 e. The fourth-order valence-corrected chi connectivity index (χ4v) is 2.41. The fourth-order valence-electron chi connectivity index (χ4n) is 0.507. The highest BCUT2D eigenvalue weighted by atomic mass is 32.2. The summed E-state index contributed by atoms with van der Waals surface area (Å²) in [5.74, 6) is 0.557. The van der Waals surface area contributed by atoms with Gasteiger partial charge in [-0.15, -0.1) is 11.8 Å². The number of hydrogen-bond acceptors (Lipinski definition) is 3. The predicted molar refractivity (Wildman–Crippen MR) is 63.5 cm³/mol. The zero-order valence-corrected chi connectivity index (χ0v) is 10.5. The maximum absolute atomic E-state index is 10.2. The van der Waals surface area contributed by atoms with Crippen LogP contribution in [0, 0.1) is 5.92 Å². The Morgan fingerprint density at radius 1 is 1.46 bits per heavy atom. The molecule has 0 unspecified atom stereocenters. The van der Waals surface area contributed by atoms with Crippen LogP contribution in [0.15, 0.2) is 4.99 Å². The number of hydrogen-bond donors (Lipinski definition) is 0. The van der Waals surface area contributed by atoms with Gasteiger partial charge in [0.15, 0.2) is 0 Å². The Bertz CT molecular complexity index is 200. The van der Waals surface area contributed by atoms with Gasteiger partial charge in [-0.1, -0.05) is 39.5 Å². The molecule has 0 spiro atoms. The Hall–Kier alpha value is 0.0400. The molecule has 0 aromatic rings. The molecular formula is C9H17NOS2. The van der Waals surface area contributed by atoms with Gasteiger partial charge >= 0.3 is 0 Å². The van der Waals surface area contributed by atoms with Crippen LogP contribution in [0.2, 0.25) is 0 Å². The number of aliphatic imine (C=N–C) groups is 1. The summed E-state index contributed by atoms with van der Waals surface area (Å²) in [4.78, 5) is 14.0. The van der Waals surface area contributed by atoms with Crippen molar-refractivity contribution in [1.82, 2.24) is 0 Å².